The summed E-state index contributed by atoms with van der Waals surface area (Å²) in [6.07, 6.45) is 0. The molecule has 0 aliphatic carbocycles. The zero-order chi connectivity index (χ0) is 11.0. The first-order chi connectivity index (χ1) is 7.08. The summed E-state index contributed by atoms with van der Waals surface area (Å²) >= 11 is 1.15. The van der Waals surface area contributed by atoms with Crippen LogP contribution >= 0.6 is 11.3 Å². The smallest absolute Gasteiger partial charge is 0.255 e. The molecule has 0 aliphatic rings. The van der Waals surface area contributed by atoms with E-state index >= 15 is 0 Å². The topological polar surface area (TPSA) is 45.8 Å². The van der Waals surface area contributed by atoms with Crippen molar-refractivity contribution in [1.82, 2.24) is 10.2 Å². The number of aromatic amines is 1. The lowest BCUT2D eigenvalue weighted by Crippen LogP contribution is -1.90. The van der Waals surface area contributed by atoms with Gasteiger partial charge >= 0.3 is 4.87 Å². The minimum Gasteiger partial charge on any atom is -0.255 e. The number of nitrogens with one attached hydrogen (secondary N) is 1. The Bertz CT molecular complexity index is 554. The van der Waals surface area contributed by atoms with Crippen LogP contribution in [-0.4, -0.2) is 10.2 Å². The van der Waals surface area contributed by atoms with Crippen molar-refractivity contribution in [2.24, 2.45) is 0 Å². The second-order valence-electron chi connectivity index (χ2n) is 3.67. The molecule has 0 saturated heterocycles. The summed E-state index contributed by atoms with van der Waals surface area (Å²) < 4.78 is 0. The molecule has 0 fully saturated rings. The van der Waals surface area contributed by atoms with Gasteiger partial charge in [0.25, 0.3) is 0 Å². The second-order valence-corrected chi connectivity index (χ2v) is 4.63. The Balaban J connectivity index is 2.63. The van der Waals surface area contributed by atoms with Crippen LogP contribution in [0.5, 0.6) is 0 Å². The first kappa shape index (κ1) is 10.1. The van der Waals surface area contributed by atoms with E-state index in [0.717, 1.165) is 27.5 Å². The van der Waals surface area contributed by atoms with Crippen molar-refractivity contribution in [3.63, 3.8) is 0 Å². The van der Waals surface area contributed by atoms with Crippen LogP contribution < -0.4 is 4.87 Å². The highest BCUT2D eigenvalue weighted by atomic mass is 32.1. The van der Waals surface area contributed by atoms with Gasteiger partial charge in [0.1, 0.15) is 5.01 Å². The summed E-state index contributed by atoms with van der Waals surface area (Å²) in [6, 6.07) is 4.20. The molecule has 0 radical (unpaired) electrons. The van der Waals surface area contributed by atoms with Gasteiger partial charge in [-0.1, -0.05) is 17.4 Å². The Labute approximate surface area is 91.8 Å². The molecule has 1 aromatic carbocycles. The third-order valence-electron chi connectivity index (χ3n) is 2.51. The predicted octanol–water partition coefficient (Wildman–Crippen LogP) is 2.42. The van der Waals surface area contributed by atoms with Crippen LogP contribution in [0.3, 0.4) is 0 Å². The molecular weight excluding hydrogens is 208 g/mol. The number of hydrogen-bond acceptors (Lipinski definition) is 3. The number of benzene rings is 1. The zero-order valence-electron chi connectivity index (χ0n) is 8.92. The fourth-order valence-electron chi connectivity index (χ4n) is 1.54. The molecule has 0 bridgehead atoms. The maximum Gasteiger partial charge on any atom is 0.322 e. The number of aryl methyl sites for hydroxylation is 3. The van der Waals surface area contributed by atoms with E-state index in [2.05, 4.69) is 36.2 Å². The van der Waals surface area contributed by atoms with Crippen molar-refractivity contribution in [2.45, 2.75) is 20.8 Å². The average molecular weight is 220 g/mol. The quantitative estimate of drug-likeness (QED) is 0.802. The molecule has 4 heteroatoms. The number of nitrogens with zero attached hydrogens (tertiary/aromatic N) is 1. The molecular formula is C11H12N2OS. The van der Waals surface area contributed by atoms with Crippen LogP contribution in [-0.2, 0) is 0 Å². The Morgan fingerprint density at radius 2 is 1.80 bits per heavy atom. The van der Waals surface area contributed by atoms with E-state index in [0.29, 0.717) is 0 Å². The van der Waals surface area contributed by atoms with Gasteiger partial charge in [-0.05, 0) is 43.5 Å². The van der Waals surface area contributed by atoms with E-state index < -0.39 is 0 Å². The normalized spacial score (nSPS) is 10.6. The third kappa shape index (κ3) is 1.85. The van der Waals surface area contributed by atoms with Gasteiger partial charge in [-0.2, -0.15) is 5.10 Å². The molecule has 2 aromatic rings. The van der Waals surface area contributed by atoms with Crippen molar-refractivity contribution < 1.29 is 0 Å². The Kier molecular flexibility index (Phi) is 2.44. The number of hydrogen-bond donors (Lipinski definition) is 1. The van der Waals surface area contributed by atoms with Gasteiger partial charge in [-0.3, -0.25) is 4.79 Å². The lowest BCUT2D eigenvalue weighted by Gasteiger charge is -2.06. The summed E-state index contributed by atoms with van der Waals surface area (Å²) in [4.78, 5) is 10.9. The number of aromatic nitrogens is 2. The maximum absolute atomic E-state index is 11.0. The van der Waals surface area contributed by atoms with E-state index in [-0.39, 0.29) is 4.87 Å². The van der Waals surface area contributed by atoms with Gasteiger partial charge < -0.3 is 0 Å². The number of rotatable bonds is 1. The van der Waals surface area contributed by atoms with E-state index in [9.17, 15) is 4.79 Å². The molecule has 0 unspecified atom stereocenters. The summed E-state index contributed by atoms with van der Waals surface area (Å²) in [5.41, 5.74) is 4.68. The molecule has 78 valence electrons. The number of H-pyrrole nitrogens is 1. The molecule has 1 N–H and O–H groups in total. The van der Waals surface area contributed by atoms with Gasteiger partial charge in [0, 0.05) is 5.56 Å². The van der Waals surface area contributed by atoms with Gasteiger partial charge in [0.05, 0.1) is 0 Å². The molecule has 0 atom stereocenters. The van der Waals surface area contributed by atoms with Crippen LogP contribution in [0.15, 0.2) is 16.9 Å². The van der Waals surface area contributed by atoms with Crippen molar-refractivity contribution in [1.29, 1.82) is 0 Å². The van der Waals surface area contributed by atoms with E-state index in [1.165, 1.54) is 11.1 Å². The van der Waals surface area contributed by atoms with Gasteiger partial charge in [-0.25, -0.2) is 5.10 Å². The molecule has 1 heterocycles. The second kappa shape index (κ2) is 3.62. The van der Waals surface area contributed by atoms with Gasteiger partial charge in [0.2, 0.25) is 0 Å². The fourth-order valence-corrected chi connectivity index (χ4v) is 2.22. The van der Waals surface area contributed by atoms with Crippen LogP contribution in [0.25, 0.3) is 10.6 Å². The molecule has 15 heavy (non-hydrogen) atoms. The fraction of sp³-hybridized carbons (Fsp3) is 0.273. The molecule has 1 aromatic heterocycles. The summed E-state index contributed by atoms with van der Waals surface area (Å²) in [5, 5.41) is 7.20. The minimum absolute atomic E-state index is 0.109. The highest BCUT2D eigenvalue weighted by Gasteiger charge is 2.08. The third-order valence-corrected chi connectivity index (χ3v) is 3.29. The SMILES string of the molecule is Cc1cc(C)c(-c2n[nH]c(=O)s2)cc1C. The molecule has 3 nitrogen and oxygen atoms in total. The first-order valence-electron chi connectivity index (χ1n) is 4.71. The van der Waals surface area contributed by atoms with Crippen molar-refractivity contribution in [3.8, 4) is 10.6 Å². The molecule has 0 spiro atoms. The summed E-state index contributed by atoms with van der Waals surface area (Å²) in [5.74, 6) is 0. The molecule has 0 amide bonds. The van der Waals surface area contributed by atoms with E-state index in [4.69, 9.17) is 0 Å². The standard InChI is InChI=1S/C11H12N2OS/c1-6-4-8(3)9(5-7(6)2)10-12-13-11(14)15-10/h4-5H,1-3H3,(H,13,14). The van der Waals surface area contributed by atoms with Crippen molar-refractivity contribution in [3.05, 3.63) is 38.5 Å². The largest absolute Gasteiger partial charge is 0.322 e. The average Bonchev–Trinajstić information content (AvgIpc) is 2.58. The maximum atomic E-state index is 11.0. The van der Waals surface area contributed by atoms with Crippen molar-refractivity contribution >= 4 is 11.3 Å². The highest BCUT2D eigenvalue weighted by Crippen LogP contribution is 2.25. The summed E-state index contributed by atoms with van der Waals surface area (Å²) in [6.45, 7) is 6.18. The van der Waals surface area contributed by atoms with Crippen LogP contribution in [0, 0.1) is 20.8 Å². The summed E-state index contributed by atoms with van der Waals surface area (Å²) in [7, 11) is 0. The first-order valence-corrected chi connectivity index (χ1v) is 5.53. The highest BCUT2D eigenvalue weighted by molar-refractivity contribution is 7.12. The molecule has 2 rings (SSSR count). The lowest BCUT2D eigenvalue weighted by atomic mass is 10.0. The molecule has 0 aliphatic heterocycles. The Hall–Kier alpha value is -1.42. The van der Waals surface area contributed by atoms with E-state index in [1.54, 1.807) is 0 Å². The van der Waals surface area contributed by atoms with Gasteiger partial charge in [0.15, 0.2) is 0 Å². The Morgan fingerprint density at radius 1 is 1.13 bits per heavy atom. The van der Waals surface area contributed by atoms with Crippen LogP contribution in [0.4, 0.5) is 0 Å². The van der Waals surface area contributed by atoms with Crippen LogP contribution in [0.2, 0.25) is 0 Å². The zero-order valence-corrected chi connectivity index (χ0v) is 9.73. The van der Waals surface area contributed by atoms with Crippen molar-refractivity contribution in [2.75, 3.05) is 0 Å². The predicted molar refractivity (Wildman–Crippen MR) is 62.4 cm³/mol. The monoisotopic (exact) mass is 220 g/mol. The lowest BCUT2D eigenvalue weighted by molar-refractivity contribution is 1.06. The molecule has 0 saturated carbocycles. The minimum atomic E-state index is -0.109. The Morgan fingerprint density at radius 3 is 2.40 bits per heavy atom. The van der Waals surface area contributed by atoms with E-state index in [1.807, 2.05) is 6.92 Å². The van der Waals surface area contributed by atoms with Crippen LogP contribution in [0.1, 0.15) is 16.7 Å². The van der Waals surface area contributed by atoms with Gasteiger partial charge in [-0.15, -0.1) is 0 Å².